The molecule has 1 amide bonds. The number of methoxy groups -OCH3 is 1. The minimum atomic E-state index is -0.455. The predicted octanol–water partition coefficient (Wildman–Crippen LogP) is 3.32. The van der Waals surface area contributed by atoms with E-state index < -0.39 is 4.92 Å². The molecule has 1 aliphatic rings. The first kappa shape index (κ1) is 18.5. The summed E-state index contributed by atoms with van der Waals surface area (Å²) in [6.07, 6.45) is 1.66. The number of amidine groups is 1. The minimum absolute atomic E-state index is 0.00273. The van der Waals surface area contributed by atoms with Gasteiger partial charge < -0.3 is 14.8 Å². The van der Waals surface area contributed by atoms with E-state index in [0.29, 0.717) is 22.0 Å². The lowest BCUT2D eigenvalue weighted by Gasteiger charge is -2.11. The molecule has 0 radical (unpaired) electrons. The number of nitro groups is 1. The molecule has 2 aromatic carbocycles. The van der Waals surface area contributed by atoms with Gasteiger partial charge in [0.2, 0.25) is 0 Å². The highest BCUT2D eigenvalue weighted by atomic mass is 32.2. The molecule has 0 saturated carbocycles. The summed E-state index contributed by atoms with van der Waals surface area (Å²) in [7, 11) is 1.50. The van der Waals surface area contributed by atoms with E-state index in [1.54, 1.807) is 36.4 Å². The fourth-order valence-electron chi connectivity index (χ4n) is 2.41. The molecule has 0 bridgehead atoms. The number of hydrogen-bond donors (Lipinski definition) is 2. The number of amides is 1. The maximum absolute atomic E-state index is 11.7. The Bertz CT molecular complexity index is 958. The fourth-order valence-corrected chi connectivity index (χ4v) is 3.11. The first-order valence-corrected chi connectivity index (χ1v) is 8.61. The number of benzene rings is 2. The van der Waals surface area contributed by atoms with Gasteiger partial charge in [0.1, 0.15) is 6.61 Å². The van der Waals surface area contributed by atoms with Crippen molar-refractivity contribution < 1.29 is 19.2 Å². The average molecular weight is 385 g/mol. The number of nitrogens with zero attached hydrogens (tertiary/aromatic N) is 1. The van der Waals surface area contributed by atoms with Crippen LogP contribution in [0.5, 0.6) is 11.5 Å². The molecule has 27 heavy (non-hydrogen) atoms. The lowest BCUT2D eigenvalue weighted by Crippen LogP contribution is -2.18. The molecule has 1 saturated heterocycles. The first-order chi connectivity index (χ1) is 13.0. The Morgan fingerprint density at radius 1 is 1.26 bits per heavy atom. The molecule has 138 valence electrons. The van der Waals surface area contributed by atoms with Crippen molar-refractivity contribution >= 4 is 34.6 Å². The van der Waals surface area contributed by atoms with Crippen molar-refractivity contribution in [2.75, 3.05) is 7.11 Å². The Kier molecular flexibility index (Phi) is 5.41. The fraction of sp³-hybridized carbons (Fsp3) is 0.111. The molecule has 0 unspecified atom stereocenters. The normalized spacial score (nSPS) is 14.9. The van der Waals surface area contributed by atoms with E-state index in [1.165, 1.54) is 19.2 Å². The summed E-state index contributed by atoms with van der Waals surface area (Å²) in [4.78, 5) is 22.5. The molecule has 0 aromatic heterocycles. The number of nitro benzene ring substituents is 1. The van der Waals surface area contributed by atoms with Crippen molar-refractivity contribution in [2.24, 2.45) is 0 Å². The van der Waals surface area contributed by atoms with Crippen LogP contribution in [0.3, 0.4) is 0 Å². The van der Waals surface area contributed by atoms with Gasteiger partial charge in [0.15, 0.2) is 16.7 Å². The van der Waals surface area contributed by atoms with Gasteiger partial charge in [-0.3, -0.25) is 20.3 Å². The molecule has 1 fully saturated rings. The Balaban J connectivity index is 1.76. The lowest BCUT2D eigenvalue weighted by atomic mass is 10.1. The summed E-state index contributed by atoms with van der Waals surface area (Å²) in [6.45, 7) is 0.147. The van der Waals surface area contributed by atoms with Gasteiger partial charge in [-0.15, -0.1) is 0 Å². The van der Waals surface area contributed by atoms with E-state index in [-0.39, 0.29) is 23.4 Å². The van der Waals surface area contributed by atoms with Crippen molar-refractivity contribution in [3.8, 4) is 11.5 Å². The van der Waals surface area contributed by atoms with Crippen LogP contribution in [-0.4, -0.2) is 23.1 Å². The summed E-state index contributed by atoms with van der Waals surface area (Å²) >= 11 is 1.05. The van der Waals surface area contributed by atoms with E-state index in [4.69, 9.17) is 14.9 Å². The average Bonchev–Trinajstić information content (AvgIpc) is 2.97. The number of rotatable bonds is 6. The zero-order valence-corrected chi connectivity index (χ0v) is 15.0. The van der Waals surface area contributed by atoms with Crippen LogP contribution >= 0.6 is 11.8 Å². The number of non-ortho nitro benzene ring substituents is 1. The van der Waals surface area contributed by atoms with E-state index in [9.17, 15) is 14.9 Å². The van der Waals surface area contributed by atoms with E-state index >= 15 is 0 Å². The Morgan fingerprint density at radius 3 is 2.74 bits per heavy atom. The predicted molar refractivity (Wildman–Crippen MR) is 102 cm³/mol. The van der Waals surface area contributed by atoms with Gasteiger partial charge in [-0.25, -0.2) is 0 Å². The Morgan fingerprint density at radius 2 is 2.07 bits per heavy atom. The lowest BCUT2D eigenvalue weighted by molar-refractivity contribution is -0.384. The van der Waals surface area contributed by atoms with Gasteiger partial charge in [-0.2, -0.15) is 0 Å². The van der Waals surface area contributed by atoms with Crippen LogP contribution < -0.4 is 14.8 Å². The molecule has 1 heterocycles. The maximum atomic E-state index is 11.7. The second-order valence-electron chi connectivity index (χ2n) is 5.52. The minimum Gasteiger partial charge on any atom is -0.493 e. The SMILES string of the molecule is COc1cc(C=C2SC(=N)NC2=O)ccc1OCc1cccc([N+](=O)[O-])c1. The highest BCUT2D eigenvalue weighted by molar-refractivity contribution is 8.18. The van der Waals surface area contributed by atoms with Crippen molar-refractivity contribution in [1.29, 1.82) is 5.41 Å². The summed E-state index contributed by atoms with van der Waals surface area (Å²) < 4.78 is 11.1. The van der Waals surface area contributed by atoms with Crippen LogP contribution in [0, 0.1) is 15.5 Å². The molecule has 2 aromatic rings. The smallest absolute Gasteiger partial charge is 0.269 e. The Hall–Kier alpha value is -3.33. The second-order valence-corrected chi connectivity index (χ2v) is 6.57. The van der Waals surface area contributed by atoms with Crippen LogP contribution in [0.2, 0.25) is 0 Å². The molecular weight excluding hydrogens is 370 g/mol. The third-order valence-corrected chi connectivity index (χ3v) is 4.49. The summed E-state index contributed by atoms with van der Waals surface area (Å²) in [5, 5.41) is 20.8. The van der Waals surface area contributed by atoms with Gasteiger partial charge in [0.05, 0.1) is 16.9 Å². The summed E-state index contributed by atoms with van der Waals surface area (Å²) in [5.74, 6) is 0.630. The number of ether oxygens (including phenoxy) is 2. The van der Waals surface area contributed by atoms with E-state index in [1.807, 2.05) is 0 Å². The quantitative estimate of drug-likeness (QED) is 0.448. The first-order valence-electron chi connectivity index (χ1n) is 7.80. The van der Waals surface area contributed by atoms with Crippen LogP contribution in [0.1, 0.15) is 11.1 Å². The van der Waals surface area contributed by atoms with Gasteiger partial charge >= 0.3 is 0 Å². The third-order valence-electron chi connectivity index (χ3n) is 3.66. The number of hydrogen-bond acceptors (Lipinski definition) is 7. The molecule has 0 spiro atoms. The van der Waals surface area contributed by atoms with Gasteiger partial charge in [-0.1, -0.05) is 18.2 Å². The van der Waals surface area contributed by atoms with Crippen molar-refractivity contribution in [3.63, 3.8) is 0 Å². The molecule has 0 atom stereocenters. The monoisotopic (exact) mass is 385 g/mol. The molecular formula is C18H15N3O5S. The number of nitrogens with one attached hydrogen (secondary N) is 2. The van der Waals surface area contributed by atoms with E-state index in [2.05, 4.69) is 5.32 Å². The summed E-state index contributed by atoms with van der Waals surface area (Å²) in [6, 6.07) is 11.4. The zero-order valence-electron chi connectivity index (χ0n) is 14.2. The number of carbonyl (C=O) groups is 1. The molecule has 9 heteroatoms. The maximum Gasteiger partial charge on any atom is 0.269 e. The van der Waals surface area contributed by atoms with Gasteiger partial charge in [0, 0.05) is 12.1 Å². The molecule has 2 N–H and O–H groups in total. The van der Waals surface area contributed by atoms with Gasteiger partial charge in [-0.05, 0) is 41.1 Å². The van der Waals surface area contributed by atoms with Crippen molar-refractivity contribution in [1.82, 2.24) is 5.32 Å². The van der Waals surface area contributed by atoms with Crippen LogP contribution in [0.15, 0.2) is 47.4 Å². The van der Waals surface area contributed by atoms with Crippen molar-refractivity contribution in [3.05, 3.63) is 68.6 Å². The third kappa shape index (κ3) is 4.45. The highest BCUT2D eigenvalue weighted by Gasteiger charge is 2.22. The molecule has 1 aliphatic heterocycles. The molecule has 8 nitrogen and oxygen atoms in total. The van der Waals surface area contributed by atoms with Crippen LogP contribution in [0.4, 0.5) is 5.69 Å². The van der Waals surface area contributed by atoms with Gasteiger partial charge in [0.25, 0.3) is 11.6 Å². The number of carbonyl (C=O) groups excluding carboxylic acids is 1. The highest BCUT2D eigenvalue weighted by Crippen LogP contribution is 2.32. The Labute approximate surface area is 158 Å². The largest absolute Gasteiger partial charge is 0.493 e. The van der Waals surface area contributed by atoms with E-state index in [0.717, 1.165) is 17.3 Å². The van der Waals surface area contributed by atoms with Crippen LogP contribution in [0.25, 0.3) is 6.08 Å². The van der Waals surface area contributed by atoms with Crippen molar-refractivity contribution in [2.45, 2.75) is 6.61 Å². The van der Waals surface area contributed by atoms with Crippen LogP contribution in [-0.2, 0) is 11.4 Å². The summed E-state index contributed by atoms with van der Waals surface area (Å²) in [5.41, 5.74) is 1.39. The molecule has 0 aliphatic carbocycles. The standard InChI is InChI=1S/C18H15N3O5S/c1-25-15-8-11(9-16-17(22)20-18(19)27-16)5-6-14(15)26-10-12-3-2-4-13(7-12)21(23)24/h2-9H,10H2,1H3,(H2,19,20,22). The molecule has 3 rings (SSSR count). The topological polar surface area (TPSA) is 115 Å². The zero-order chi connectivity index (χ0) is 19.4. The second kappa shape index (κ2) is 7.92. The number of thioether (sulfide) groups is 1.